The van der Waals surface area contributed by atoms with Crippen molar-refractivity contribution in [1.29, 1.82) is 0 Å². The quantitative estimate of drug-likeness (QED) is 0.158. The van der Waals surface area contributed by atoms with E-state index < -0.39 is 66.7 Å². The normalized spacial score (nSPS) is 17.4. The minimum Gasteiger partial charge on any atom is -0.480 e. The summed E-state index contributed by atoms with van der Waals surface area (Å²) in [5.41, 5.74) is 5.55. The predicted molar refractivity (Wildman–Crippen MR) is 101 cm³/mol. The Morgan fingerprint density at radius 3 is 1.69 bits per heavy atom. The molecule has 0 bridgehead atoms. The van der Waals surface area contributed by atoms with Crippen LogP contribution in [0.15, 0.2) is 0 Å². The molecule has 0 aromatic heterocycles. The summed E-state index contributed by atoms with van der Waals surface area (Å²) in [5.74, 6) is -4.13. The van der Waals surface area contributed by atoms with Gasteiger partial charge in [0.25, 0.3) is 0 Å². The van der Waals surface area contributed by atoms with Gasteiger partial charge in [0.05, 0.1) is 18.8 Å². The number of carbonyl (C=O) groups excluding carboxylic acids is 3. The van der Waals surface area contributed by atoms with Gasteiger partial charge in [-0.25, -0.2) is 4.79 Å². The number of carbonyl (C=O) groups is 4. The standard InChI is InChI=1S/C17H32N4O8/c1-7(2)5-10(19-16(27)12(18)8(3)23)14(25)20-11(6-22)15(26)21-13(9(4)24)17(28)29/h7-13,22-24H,5-6,18H2,1-4H3,(H,19,27)(H,20,25)(H,21,26)(H,28,29)/t8-,9-,10+,11+,12+,13+/m1/s1. The fourth-order valence-corrected chi connectivity index (χ4v) is 2.30. The number of rotatable bonds is 12. The van der Waals surface area contributed by atoms with E-state index in [1.165, 1.54) is 6.92 Å². The van der Waals surface area contributed by atoms with Crippen molar-refractivity contribution in [3.8, 4) is 0 Å². The Bertz CT molecular complexity index is 582. The number of hydrogen-bond donors (Lipinski definition) is 8. The molecule has 0 fully saturated rings. The van der Waals surface area contributed by atoms with Crippen LogP contribution < -0.4 is 21.7 Å². The summed E-state index contributed by atoms with van der Waals surface area (Å²) < 4.78 is 0. The fourth-order valence-electron chi connectivity index (χ4n) is 2.30. The first-order chi connectivity index (χ1) is 13.3. The van der Waals surface area contributed by atoms with Crippen LogP contribution in [0.1, 0.15) is 34.1 Å². The zero-order valence-electron chi connectivity index (χ0n) is 17.0. The maximum absolute atomic E-state index is 12.5. The number of aliphatic carboxylic acids is 1. The molecule has 168 valence electrons. The van der Waals surface area contributed by atoms with E-state index in [4.69, 9.17) is 10.8 Å². The Kier molecular flexibility index (Phi) is 11.3. The summed E-state index contributed by atoms with van der Waals surface area (Å²) in [6.07, 6.45) is -2.39. The van der Waals surface area contributed by atoms with Crippen molar-refractivity contribution in [1.82, 2.24) is 16.0 Å². The lowest BCUT2D eigenvalue weighted by molar-refractivity contribution is -0.145. The van der Waals surface area contributed by atoms with E-state index in [2.05, 4.69) is 10.6 Å². The SMILES string of the molecule is CC(C)C[C@H](NC(=O)[C@@H](N)[C@@H](C)O)C(=O)N[C@@H](CO)C(=O)N[C@H](C(=O)O)[C@@H](C)O. The molecule has 12 nitrogen and oxygen atoms in total. The summed E-state index contributed by atoms with van der Waals surface area (Å²) in [6.45, 7) is 5.20. The van der Waals surface area contributed by atoms with Crippen molar-refractivity contribution >= 4 is 23.7 Å². The van der Waals surface area contributed by atoms with Crippen molar-refractivity contribution < 1.29 is 39.6 Å². The van der Waals surface area contributed by atoms with Gasteiger partial charge < -0.3 is 42.1 Å². The molecule has 0 aliphatic rings. The second kappa shape index (κ2) is 12.3. The molecular formula is C17H32N4O8. The highest BCUT2D eigenvalue weighted by atomic mass is 16.4. The fraction of sp³-hybridized carbons (Fsp3) is 0.765. The van der Waals surface area contributed by atoms with E-state index in [0.29, 0.717) is 0 Å². The van der Waals surface area contributed by atoms with E-state index >= 15 is 0 Å². The number of nitrogens with two attached hydrogens (primary N) is 1. The zero-order chi connectivity index (χ0) is 22.9. The summed E-state index contributed by atoms with van der Waals surface area (Å²) in [4.78, 5) is 47.9. The molecule has 0 unspecified atom stereocenters. The van der Waals surface area contributed by atoms with Gasteiger partial charge >= 0.3 is 5.97 Å². The minimum absolute atomic E-state index is 0.0399. The van der Waals surface area contributed by atoms with Crippen LogP contribution in [0.5, 0.6) is 0 Å². The summed E-state index contributed by atoms with van der Waals surface area (Å²) in [6, 6.07) is -5.53. The molecule has 9 N–H and O–H groups in total. The van der Waals surface area contributed by atoms with E-state index in [0.717, 1.165) is 6.92 Å². The first-order valence-corrected chi connectivity index (χ1v) is 9.18. The molecule has 0 saturated carbocycles. The van der Waals surface area contributed by atoms with Crippen LogP contribution in [0.3, 0.4) is 0 Å². The third-order valence-electron chi connectivity index (χ3n) is 4.02. The van der Waals surface area contributed by atoms with E-state index in [9.17, 15) is 34.5 Å². The average molecular weight is 420 g/mol. The van der Waals surface area contributed by atoms with Crippen LogP contribution >= 0.6 is 0 Å². The Morgan fingerprint density at radius 2 is 1.31 bits per heavy atom. The topological polar surface area (TPSA) is 211 Å². The number of nitrogens with one attached hydrogen (secondary N) is 3. The molecule has 29 heavy (non-hydrogen) atoms. The third kappa shape index (κ3) is 9.17. The molecule has 0 aromatic carbocycles. The van der Waals surface area contributed by atoms with Crippen molar-refractivity contribution in [2.75, 3.05) is 6.61 Å². The van der Waals surface area contributed by atoms with Crippen LogP contribution in [0.4, 0.5) is 0 Å². The molecule has 0 spiro atoms. The Balaban J connectivity index is 5.25. The van der Waals surface area contributed by atoms with Gasteiger partial charge in [-0.05, 0) is 26.2 Å². The predicted octanol–water partition coefficient (Wildman–Crippen LogP) is -3.35. The second-order valence-electron chi connectivity index (χ2n) is 7.27. The molecular weight excluding hydrogens is 388 g/mol. The Morgan fingerprint density at radius 1 is 0.828 bits per heavy atom. The van der Waals surface area contributed by atoms with Gasteiger partial charge in [-0.2, -0.15) is 0 Å². The largest absolute Gasteiger partial charge is 0.480 e. The van der Waals surface area contributed by atoms with Crippen LogP contribution in [0.2, 0.25) is 0 Å². The molecule has 0 saturated heterocycles. The Labute approximate surface area is 168 Å². The number of amides is 3. The summed E-state index contributed by atoms with van der Waals surface area (Å²) in [5, 5.41) is 43.9. The second-order valence-corrected chi connectivity index (χ2v) is 7.27. The smallest absolute Gasteiger partial charge is 0.328 e. The minimum atomic E-state index is -1.64. The number of carboxylic acid groups (broad SMARTS) is 1. The highest BCUT2D eigenvalue weighted by molar-refractivity contribution is 5.94. The molecule has 0 aliphatic heterocycles. The number of aliphatic hydroxyl groups is 3. The first kappa shape index (κ1) is 26.7. The molecule has 0 radical (unpaired) electrons. The van der Waals surface area contributed by atoms with Crippen molar-refractivity contribution in [2.24, 2.45) is 11.7 Å². The lowest BCUT2D eigenvalue weighted by Crippen LogP contribution is -2.60. The lowest BCUT2D eigenvalue weighted by Gasteiger charge is -2.26. The first-order valence-electron chi connectivity index (χ1n) is 9.18. The van der Waals surface area contributed by atoms with Crippen LogP contribution in [0, 0.1) is 5.92 Å². The van der Waals surface area contributed by atoms with Crippen LogP contribution in [-0.4, -0.2) is 87.1 Å². The van der Waals surface area contributed by atoms with Gasteiger partial charge in [0.1, 0.15) is 18.1 Å². The van der Waals surface area contributed by atoms with Crippen LogP contribution in [0.25, 0.3) is 0 Å². The average Bonchev–Trinajstić information content (AvgIpc) is 2.61. The van der Waals surface area contributed by atoms with Gasteiger partial charge in [-0.15, -0.1) is 0 Å². The molecule has 0 rings (SSSR count). The van der Waals surface area contributed by atoms with Gasteiger partial charge in [0.2, 0.25) is 17.7 Å². The maximum Gasteiger partial charge on any atom is 0.328 e. The van der Waals surface area contributed by atoms with Crippen molar-refractivity contribution in [3.63, 3.8) is 0 Å². The van der Waals surface area contributed by atoms with Gasteiger partial charge in [0, 0.05) is 0 Å². The molecule has 0 heterocycles. The third-order valence-corrected chi connectivity index (χ3v) is 4.02. The monoisotopic (exact) mass is 420 g/mol. The molecule has 12 heteroatoms. The lowest BCUT2D eigenvalue weighted by atomic mass is 10.0. The van der Waals surface area contributed by atoms with Crippen LogP contribution in [-0.2, 0) is 19.2 Å². The number of carboxylic acids is 1. The number of hydrogen-bond acceptors (Lipinski definition) is 8. The summed E-state index contributed by atoms with van der Waals surface area (Å²) in [7, 11) is 0. The van der Waals surface area contributed by atoms with Gasteiger partial charge in [0.15, 0.2) is 6.04 Å². The molecule has 6 atom stereocenters. The molecule has 0 aromatic rings. The Hall–Kier alpha value is -2.28. The zero-order valence-corrected chi connectivity index (χ0v) is 17.0. The number of aliphatic hydroxyl groups excluding tert-OH is 3. The van der Waals surface area contributed by atoms with Gasteiger partial charge in [-0.3, -0.25) is 14.4 Å². The highest BCUT2D eigenvalue weighted by Crippen LogP contribution is 2.06. The van der Waals surface area contributed by atoms with Crippen molar-refractivity contribution in [2.45, 2.75) is 70.5 Å². The van der Waals surface area contributed by atoms with Crippen molar-refractivity contribution in [3.05, 3.63) is 0 Å². The van der Waals surface area contributed by atoms with E-state index in [1.807, 2.05) is 5.32 Å². The van der Waals surface area contributed by atoms with Gasteiger partial charge in [-0.1, -0.05) is 13.8 Å². The molecule has 3 amide bonds. The van der Waals surface area contributed by atoms with E-state index in [-0.39, 0.29) is 12.3 Å². The highest BCUT2D eigenvalue weighted by Gasteiger charge is 2.32. The van der Waals surface area contributed by atoms with E-state index in [1.54, 1.807) is 13.8 Å². The maximum atomic E-state index is 12.5. The summed E-state index contributed by atoms with van der Waals surface area (Å²) >= 11 is 0. The molecule has 0 aliphatic carbocycles.